The molecule has 202 valence electrons. The van der Waals surface area contributed by atoms with Crippen molar-refractivity contribution >= 4 is 67.1 Å². The first-order valence-electron chi connectivity index (χ1n) is 11.7. The molecule has 4 rings (SSSR count). The average molecular weight is 610 g/mol. The van der Waals surface area contributed by atoms with Crippen LogP contribution in [0.3, 0.4) is 0 Å². The van der Waals surface area contributed by atoms with E-state index in [-0.39, 0.29) is 79.1 Å². The van der Waals surface area contributed by atoms with E-state index in [1.165, 1.54) is 18.2 Å². The third-order valence-corrected chi connectivity index (χ3v) is 7.35. The maximum Gasteiger partial charge on any atom is 1.00 e. The Morgan fingerprint density at radius 2 is 1.70 bits per heavy atom. The van der Waals surface area contributed by atoms with Crippen molar-refractivity contribution in [2.24, 2.45) is 10.2 Å². The van der Waals surface area contributed by atoms with Gasteiger partial charge in [-0.2, -0.15) is 13.5 Å². The zero-order valence-corrected chi connectivity index (χ0v) is 26.1. The number of benzene rings is 4. The van der Waals surface area contributed by atoms with Crippen LogP contribution in [0.2, 0.25) is 10.0 Å². The number of hydrogen-bond donors (Lipinski definition) is 2. The fourth-order valence-electron chi connectivity index (χ4n) is 4.00. The summed E-state index contributed by atoms with van der Waals surface area (Å²) >= 11 is 12.6. The van der Waals surface area contributed by atoms with Crippen LogP contribution in [0.25, 0.3) is 10.8 Å². The Morgan fingerprint density at radius 3 is 2.35 bits per heavy atom. The molecule has 0 bridgehead atoms. The number of halogens is 2. The second kappa shape index (κ2) is 13.3. The Morgan fingerprint density at radius 1 is 1.00 bits per heavy atom. The van der Waals surface area contributed by atoms with Crippen LogP contribution in [0, 0.1) is 0 Å². The molecule has 0 atom stereocenters. The van der Waals surface area contributed by atoms with E-state index in [1.54, 1.807) is 49.4 Å². The molecule has 0 saturated heterocycles. The number of azo groups is 1. The van der Waals surface area contributed by atoms with Crippen LogP contribution in [0.5, 0.6) is 11.5 Å². The van der Waals surface area contributed by atoms with Crippen molar-refractivity contribution in [1.82, 2.24) is 0 Å². The normalized spacial score (nSPS) is 11.4. The smallest absolute Gasteiger partial charge is 0.870 e. The molecule has 0 unspecified atom stereocenters. The van der Waals surface area contributed by atoms with Crippen molar-refractivity contribution in [1.29, 1.82) is 0 Å². The number of rotatable bonds is 8. The van der Waals surface area contributed by atoms with Gasteiger partial charge in [0, 0.05) is 22.6 Å². The van der Waals surface area contributed by atoms with Gasteiger partial charge in [-0.05, 0) is 49.1 Å². The minimum atomic E-state index is -4.56. The summed E-state index contributed by atoms with van der Waals surface area (Å²) in [5.41, 5.74) is 0.0353. The van der Waals surface area contributed by atoms with Gasteiger partial charge >= 0.3 is 29.6 Å². The Hall–Kier alpha value is -2.70. The molecular weight excluding hydrogens is 588 g/mol. The van der Waals surface area contributed by atoms with Crippen molar-refractivity contribution in [3.05, 3.63) is 81.8 Å². The predicted molar refractivity (Wildman–Crippen MR) is 149 cm³/mol. The summed E-state index contributed by atoms with van der Waals surface area (Å²) in [6.07, 6.45) is 0.153. The third kappa shape index (κ3) is 6.77. The molecule has 0 heterocycles. The molecule has 0 radical (unpaired) electrons. The van der Waals surface area contributed by atoms with Crippen molar-refractivity contribution in [2.45, 2.75) is 25.2 Å². The molecule has 4 aromatic carbocycles. The number of anilines is 1. The summed E-state index contributed by atoms with van der Waals surface area (Å²) in [7, 11) is -4.56. The predicted octanol–water partition coefficient (Wildman–Crippen LogP) is 4.10. The minimum absolute atomic E-state index is 0. The van der Waals surface area contributed by atoms with Gasteiger partial charge in [0.2, 0.25) is 0 Å². The van der Waals surface area contributed by atoms with Gasteiger partial charge in [-0.1, -0.05) is 60.1 Å². The molecule has 0 aliphatic rings. The summed E-state index contributed by atoms with van der Waals surface area (Å²) in [6.45, 7) is 3.93. The van der Waals surface area contributed by atoms with Crippen LogP contribution in [-0.4, -0.2) is 25.5 Å². The number of nitrogens with one attached hydrogen (secondary N) is 1. The zero-order valence-electron chi connectivity index (χ0n) is 21.7. The number of ether oxygens (including phenoxy) is 1. The summed E-state index contributed by atoms with van der Waals surface area (Å²) in [5.74, 6) is -0.896. The number of amides is 1. The van der Waals surface area contributed by atoms with Crippen molar-refractivity contribution < 1.29 is 57.2 Å². The quantitative estimate of drug-likeness (QED) is 0.175. The van der Waals surface area contributed by atoms with E-state index in [4.69, 9.17) is 27.9 Å². The summed E-state index contributed by atoms with van der Waals surface area (Å²) in [4.78, 5) is 12.8. The van der Waals surface area contributed by atoms with E-state index in [1.807, 2.05) is 6.92 Å². The Labute approximate surface area is 263 Å². The minimum Gasteiger partial charge on any atom is -0.870 e. The monoisotopic (exact) mass is 609 g/mol. The largest absolute Gasteiger partial charge is 1.00 e. The first kappa shape index (κ1) is 31.8. The maximum absolute atomic E-state index is 13.5. The van der Waals surface area contributed by atoms with Gasteiger partial charge in [0.25, 0.3) is 16.0 Å². The van der Waals surface area contributed by atoms with E-state index in [2.05, 4.69) is 15.5 Å². The summed E-state index contributed by atoms with van der Waals surface area (Å²) in [6, 6.07) is 15.4. The van der Waals surface area contributed by atoms with Crippen LogP contribution in [0.15, 0.2) is 75.8 Å². The molecule has 1 amide bonds. The number of carbonyl (C=O) groups excluding carboxylic acids is 1. The molecule has 4 aromatic rings. The molecule has 0 aromatic heterocycles. The van der Waals surface area contributed by atoms with Crippen molar-refractivity contribution in [2.75, 3.05) is 11.9 Å². The molecule has 0 aliphatic carbocycles. The van der Waals surface area contributed by atoms with Gasteiger partial charge in [0.1, 0.15) is 11.4 Å². The van der Waals surface area contributed by atoms with Crippen LogP contribution in [-0.2, 0) is 16.5 Å². The van der Waals surface area contributed by atoms with Crippen LogP contribution in [0.4, 0.5) is 17.1 Å². The van der Waals surface area contributed by atoms with Gasteiger partial charge in [-0.3, -0.25) is 9.35 Å². The molecule has 0 spiro atoms. The van der Waals surface area contributed by atoms with Gasteiger partial charge in [0.05, 0.1) is 32.9 Å². The van der Waals surface area contributed by atoms with Crippen LogP contribution < -0.4 is 44.7 Å². The number of hydrogen-bond acceptors (Lipinski definition) is 7. The van der Waals surface area contributed by atoms with E-state index in [9.17, 15) is 22.9 Å². The molecule has 40 heavy (non-hydrogen) atoms. The second-order valence-electron chi connectivity index (χ2n) is 8.25. The van der Waals surface area contributed by atoms with Crippen molar-refractivity contribution in [3.63, 3.8) is 0 Å². The molecule has 0 fully saturated rings. The van der Waals surface area contributed by atoms with E-state index < -0.39 is 21.8 Å². The molecule has 0 saturated carbocycles. The molecule has 2 N–H and O–H groups in total. The maximum atomic E-state index is 13.5. The molecular formula is C27H22Cl2N3NaO6S. The Balaban J connectivity index is 0.00000441. The van der Waals surface area contributed by atoms with Gasteiger partial charge < -0.3 is 15.2 Å². The number of nitrogens with zero attached hydrogens (tertiary/aromatic N) is 2. The van der Waals surface area contributed by atoms with E-state index in [0.717, 1.165) is 0 Å². The first-order chi connectivity index (χ1) is 18.5. The number of carbonyl (C=O) groups is 1. The average Bonchev–Trinajstić information content (AvgIpc) is 2.89. The fourth-order valence-corrected chi connectivity index (χ4v) is 5.23. The van der Waals surface area contributed by atoms with Crippen LogP contribution in [0.1, 0.15) is 29.8 Å². The van der Waals surface area contributed by atoms with E-state index >= 15 is 0 Å². The van der Waals surface area contributed by atoms with E-state index in [0.29, 0.717) is 23.1 Å². The fraction of sp³-hybridized carbons (Fsp3) is 0.148. The third-order valence-electron chi connectivity index (χ3n) is 5.79. The second-order valence-corrected chi connectivity index (χ2v) is 10.5. The Bertz CT molecular complexity index is 1730. The summed E-state index contributed by atoms with van der Waals surface area (Å²) in [5, 5.41) is 25.6. The number of fused-ring (bicyclic) bond motifs is 1. The van der Waals surface area contributed by atoms with Gasteiger partial charge in [-0.25, -0.2) is 0 Å². The molecule has 13 heteroatoms. The summed E-state index contributed by atoms with van der Waals surface area (Å²) < 4.78 is 38.7. The van der Waals surface area contributed by atoms with Gasteiger partial charge in [-0.15, -0.1) is 5.11 Å². The SMILES string of the molecule is CCOc1ccc(NC(=O)c2cc3ccccc3c(N=Nc3c(Cl)ccc(S(=O)(=O)O)c3CC)c2[O-])c(Cl)c1.[Na+]. The topological polar surface area (TPSA) is 140 Å². The van der Waals surface area contributed by atoms with Gasteiger partial charge in [0.15, 0.2) is 0 Å². The van der Waals surface area contributed by atoms with Crippen molar-refractivity contribution in [3.8, 4) is 11.5 Å². The molecule has 0 aliphatic heterocycles. The standard InChI is InChI=1S/C27H23Cl2N3O6S.Na/c1-3-17-23(39(35,36)37)12-10-20(28)24(17)31-32-25-18-8-6-5-7-15(18)13-19(26(25)33)27(34)30-22-11-9-16(38-4-2)14-21(22)29;/h5-14,33H,3-4H2,1-2H3,(H,30,34)(H,35,36,37);/q;+1/p-1. The molecule has 9 nitrogen and oxygen atoms in total. The Kier molecular flexibility index (Phi) is 10.6. The van der Waals surface area contributed by atoms with Crippen LogP contribution >= 0.6 is 23.2 Å². The zero-order chi connectivity index (χ0) is 28.3. The first-order valence-corrected chi connectivity index (χ1v) is 13.9.